The predicted molar refractivity (Wildman–Crippen MR) is 85.3 cm³/mol. The van der Waals surface area contributed by atoms with E-state index in [0.29, 0.717) is 19.6 Å². The molecule has 0 rings (SSSR count). The molecule has 0 aliphatic heterocycles. The Morgan fingerprint density at radius 2 is 1.71 bits per heavy atom. The van der Waals surface area contributed by atoms with Crippen molar-refractivity contribution < 1.29 is 19.0 Å². The third-order valence-corrected chi connectivity index (χ3v) is 3.22. The number of hydrogen-bond acceptors (Lipinski definition) is 4. The Morgan fingerprint density at radius 3 is 2.19 bits per heavy atom. The monoisotopic (exact) mass is 300 g/mol. The molecule has 0 spiro atoms. The van der Waals surface area contributed by atoms with Gasteiger partial charge in [-0.05, 0) is 26.2 Å². The first kappa shape index (κ1) is 20.1. The van der Waals surface area contributed by atoms with Crippen LogP contribution in [-0.2, 0) is 19.0 Å². The average Bonchev–Trinajstić information content (AvgIpc) is 2.42. The molecule has 0 N–H and O–H groups in total. The van der Waals surface area contributed by atoms with Gasteiger partial charge in [0.25, 0.3) is 0 Å². The number of rotatable bonds is 13. The minimum absolute atomic E-state index is 0.125. The lowest BCUT2D eigenvalue weighted by Crippen LogP contribution is -2.42. The molecule has 0 amide bonds. The lowest BCUT2D eigenvalue weighted by Gasteiger charge is -2.31. The smallest absolute Gasteiger partial charge is 0.302 e. The van der Waals surface area contributed by atoms with Crippen LogP contribution >= 0.6 is 0 Å². The van der Waals surface area contributed by atoms with E-state index in [1.54, 1.807) is 0 Å². The van der Waals surface area contributed by atoms with E-state index >= 15 is 0 Å². The number of ether oxygens (including phenoxy) is 3. The zero-order valence-corrected chi connectivity index (χ0v) is 14.1. The molecule has 0 aliphatic carbocycles. The molecule has 0 saturated heterocycles. The Bertz CT molecular complexity index is 278. The minimum Gasteiger partial charge on any atom is -0.460 e. The molecule has 0 unspecified atom stereocenters. The van der Waals surface area contributed by atoms with Gasteiger partial charge in [-0.25, -0.2) is 0 Å². The van der Waals surface area contributed by atoms with Crippen molar-refractivity contribution in [2.45, 2.75) is 78.1 Å². The molecular weight excluding hydrogens is 268 g/mol. The molecule has 0 fully saturated rings. The molecule has 124 valence electrons. The molecule has 0 aromatic heterocycles. The van der Waals surface area contributed by atoms with Crippen molar-refractivity contribution in [1.82, 2.24) is 0 Å². The second kappa shape index (κ2) is 12.8. The van der Waals surface area contributed by atoms with Gasteiger partial charge in [0.1, 0.15) is 12.2 Å². The van der Waals surface area contributed by atoms with E-state index in [9.17, 15) is 4.79 Å². The van der Waals surface area contributed by atoms with Gasteiger partial charge in [-0.3, -0.25) is 4.79 Å². The Morgan fingerprint density at radius 1 is 1.14 bits per heavy atom. The van der Waals surface area contributed by atoms with Crippen molar-refractivity contribution >= 4 is 5.97 Å². The molecular formula is C17H32O4. The summed E-state index contributed by atoms with van der Waals surface area (Å²) in [4.78, 5) is 11.2. The average molecular weight is 300 g/mol. The second-order valence-corrected chi connectivity index (χ2v) is 5.29. The summed E-state index contributed by atoms with van der Waals surface area (Å²) in [5.74, 6) is -0.294. The topological polar surface area (TPSA) is 44.8 Å². The van der Waals surface area contributed by atoms with Gasteiger partial charge in [0.2, 0.25) is 0 Å². The van der Waals surface area contributed by atoms with E-state index in [2.05, 4.69) is 20.4 Å². The Hall–Kier alpha value is -0.870. The van der Waals surface area contributed by atoms with Crippen molar-refractivity contribution in [2.24, 2.45) is 0 Å². The zero-order chi connectivity index (χ0) is 16.1. The number of carbonyl (C=O) groups is 1. The van der Waals surface area contributed by atoms with Gasteiger partial charge >= 0.3 is 5.97 Å². The highest BCUT2D eigenvalue weighted by Crippen LogP contribution is 2.17. The number of hydrogen-bond donors (Lipinski definition) is 0. The molecule has 21 heavy (non-hydrogen) atoms. The molecule has 0 aromatic carbocycles. The second-order valence-electron chi connectivity index (χ2n) is 5.29. The van der Waals surface area contributed by atoms with Crippen LogP contribution in [0.5, 0.6) is 0 Å². The zero-order valence-electron chi connectivity index (χ0n) is 14.1. The quantitative estimate of drug-likeness (QED) is 0.294. The van der Waals surface area contributed by atoms with Crippen molar-refractivity contribution in [3.05, 3.63) is 12.7 Å². The maximum Gasteiger partial charge on any atom is 0.302 e. The summed E-state index contributed by atoms with van der Waals surface area (Å²) in [6, 6.07) is 0. The van der Waals surface area contributed by atoms with Gasteiger partial charge < -0.3 is 14.2 Å². The first-order chi connectivity index (χ1) is 10.1. The normalized spacial score (nSPS) is 15.2. The van der Waals surface area contributed by atoms with Gasteiger partial charge in [-0.2, -0.15) is 0 Å². The summed E-state index contributed by atoms with van der Waals surface area (Å²) in [6.45, 7) is 12.6. The number of carbonyl (C=O) groups excluding carboxylic acids is 1. The molecule has 4 nitrogen and oxygen atoms in total. The van der Waals surface area contributed by atoms with Crippen LogP contribution in [0.1, 0.15) is 59.8 Å². The Labute approximate surface area is 129 Å². The summed E-state index contributed by atoms with van der Waals surface area (Å²) in [7, 11) is 0. The highest BCUT2D eigenvalue weighted by atomic mass is 16.6. The van der Waals surface area contributed by atoms with Crippen molar-refractivity contribution in [3.63, 3.8) is 0 Å². The van der Waals surface area contributed by atoms with Crippen molar-refractivity contribution in [2.75, 3.05) is 13.2 Å². The summed E-state index contributed by atoms with van der Waals surface area (Å²) < 4.78 is 17.2. The lowest BCUT2D eigenvalue weighted by molar-refractivity contribution is -0.164. The summed E-state index contributed by atoms with van der Waals surface area (Å²) in [5.41, 5.74) is 0. The fraction of sp³-hybridized carbons (Fsp3) is 0.824. The lowest BCUT2D eigenvalue weighted by atomic mass is 10.1. The fourth-order valence-corrected chi connectivity index (χ4v) is 2.08. The van der Waals surface area contributed by atoms with E-state index in [-0.39, 0.29) is 24.3 Å². The molecule has 0 saturated carbocycles. The Balaban J connectivity index is 4.71. The first-order valence-electron chi connectivity index (χ1n) is 8.08. The van der Waals surface area contributed by atoms with Crippen molar-refractivity contribution in [3.8, 4) is 0 Å². The first-order valence-corrected chi connectivity index (χ1v) is 8.08. The van der Waals surface area contributed by atoms with Gasteiger partial charge in [-0.1, -0.05) is 32.8 Å². The van der Waals surface area contributed by atoms with Crippen LogP contribution in [0.2, 0.25) is 0 Å². The van der Waals surface area contributed by atoms with Crippen LogP contribution in [0.15, 0.2) is 12.7 Å². The SMILES string of the molecule is C=CC[C@H](OCCCC)[C@@H](OCCCC)[C@H](C)OC(C)=O. The van der Waals surface area contributed by atoms with Gasteiger partial charge in [0, 0.05) is 20.1 Å². The minimum atomic E-state index is -0.328. The molecule has 0 heterocycles. The predicted octanol–water partition coefficient (Wildman–Crippen LogP) is 3.88. The van der Waals surface area contributed by atoms with Crippen molar-refractivity contribution in [1.29, 1.82) is 0 Å². The number of unbranched alkanes of at least 4 members (excludes halogenated alkanes) is 2. The van der Waals surface area contributed by atoms with E-state index in [4.69, 9.17) is 14.2 Å². The third kappa shape index (κ3) is 9.64. The maximum absolute atomic E-state index is 11.2. The molecule has 4 heteroatoms. The number of esters is 1. The highest BCUT2D eigenvalue weighted by Gasteiger charge is 2.29. The van der Waals surface area contributed by atoms with Gasteiger partial charge in [-0.15, -0.1) is 6.58 Å². The van der Waals surface area contributed by atoms with Crippen LogP contribution in [0.4, 0.5) is 0 Å². The van der Waals surface area contributed by atoms with Crippen LogP contribution in [-0.4, -0.2) is 37.5 Å². The largest absolute Gasteiger partial charge is 0.460 e. The van der Waals surface area contributed by atoms with Crippen LogP contribution in [0.25, 0.3) is 0 Å². The van der Waals surface area contributed by atoms with E-state index in [0.717, 1.165) is 25.7 Å². The molecule has 0 aromatic rings. The van der Waals surface area contributed by atoms with Gasteiger partial charge in [0.05, 0.1) is 6.10 Å². The van der Waals surface area contributed by atoms with E-state index in [1.807, 2.05) is 13.0 Å². The molecule has 0 aliphatic rings. The van der Waals surface area contributed by atoms with Crippen LogP contribution < -0.4 is 0 Å². The summed E-state index contributed by atoms with van der Waals surface area (Å²) in [5, 5.41) is 0. The molecule has 0 bridgehead atoms. The van der Waals surface area contributed by atoms with Crippen LogP contribution in [0, 0.1) is 0 Å². The highest BCUT2D eigenvalue weighted by molar-refractivity contribution is 5.66. The summed E-state index contributed by atoms with van der Waals surface area (Å²) >= 11 is 0. The molecule has 3 atom stereocenters. The third-order valence-electron chi connectivity index (χ3n) is 3.22. The van der Waals surface area contributed by atoms with E-state index in [1.165, 1.54) is 6.92 Å². The van der Waals surface area contributed by atoms with Gasteiger partial charge in [0.15, 0.2) is 0 Å². The fourth-order valence-electron chi connectivity index (χ4n) is 2.08. The van der Waals surface area contributed by atoms with Crippen LogP contribution in [0.3, 0.4) is 0 Å². The maximum atomic E-state index is 11.2. The summed E-state index contributed by atoms with van der Waals surface area (Å²) in [6.07, 6.45) is 5.95. The van der Waals surface area contributed by atoms with E-state index < -0.39 is 0 Å². The Kier molecular flexibility index (Phi) is 12.3. The molecule has 0 radical (unpaired) electrons. The standard InChI is InChI=1S/C17H32O4/c1-6-9-12-19-16(11-8-3)17(20-13-10-7-2)14(4)21-15(5)18/h8,14,16-17H,3,6-7,9-13H2,1-2,4-5H3/t14-,16-,17-/m0/s1.